The van der Waals surface area contributed by atoms with Crippen LogP contribution < -0.4 is 16.4 Å². The maximum Gasteiger partial charge on any atom is 0.237 e. The molecule has 0 radical (unpaired) electrons. The van der Waals surface area contributed by atoms with Gasteiger partial charge in [0.05, 0.1) is 17.3 Å². The summed E-state index contributed by atoms with van der Waals surface area (Å²) >= 11 is 7.67. The number of halogens is 1. The molecule has 0 unspecified atom stereocenters. The van der Waals surface area contributed by atoms with Gasteiger partial charge in [-0.2, -0.15) is 0 Å². The van der Waals surface area contributed by atoms with Crippen molar-refractivity contribution in [2.24, 2.45) is 5.73 Å². The van der Waals surface area contributed by atoms with Crippen LogP contribution in [0.3, 0.4) is 0 Å². The van der Waals surface area contributed by atoms with E-state index < -0.39 is 6.04 Å². The van der Waals surface area contributed by atoms with Crippen molar-refractivity contribution in [2.45, 2.75) is 38.1 Å². The lowest BCUT2D eigenvalue weighted by atomic mass is 9.92. The smallest absolute Gasteiger partial charge is 0.237 e. The molecule has 3 rings (SSSR count). The van der Waals surface area contributed by atoms with Gasteiger partial charge in [0, 0.05) is 40.6 Å². The zero-order valence-electron chi connectivity index (χ0n) is 16.5. The molecule has 7 heteroatoms. The SMILES string of the molecule is C#CCSC[C@@H](N)C(=O)NCCCNc1c2c(nc3cc(Cl)ccc13)CCCC2. The Hall–Kier alpha value is -1.94. The predicted octanol–water partition coefficient (Wildman–Crippen LogP) is 3.38. The normalized spacial score (nSPS) is 14.1. The number of terminal acetylenes is 1. The monoisotopic (exact) mass is 430 g/mol. The highest BCUT2D eigenvalue weighted by atomic mass is 35.5. The Bertz CT molecular complexity index is 912. The Morgan fingerprint density at radius 3 is 3.00 bits per heavy atom. The van der Waals surface area contributed by atoms with Crippen LogP contribution in [-0.4, -0.2) is 41.5 Å². The first-order valence-corrected chi connectivity index (χ1v) is 11.5. The minimum atomic E-state index is -0.526. The second-order valence-electron chi connectivity index (χ2n) is 7.18. The summed E-state index contributed by atoms with van der Waals surface area (Å²) in [6.45, 7) is 1.34. The van der Waals surface area contributed by atoms with Gasteiger partial charge < -0.3 is 16.4 Å². The molecule has 1 heterocycles. The Labute approximate surface area is 181 Å². The number of pyridine rings is 1. The van der Waals surface area contributed by atoms with Gasteiger partial charge in [0.2, 0.25) is 5.91 Å². The topological polar surface area (TPSA) is 80.0 Å². The summed E-state index contributed by atoms with van der Waals surface area (Å²) in [5, 5.41) is 8.30. The second kappa shape index (κ2) is 10.7. The summed E-state index contributed by atoms with van der Waals surface area (Å²) < 4.78 is 0. The van der Waals surface area contributed by atoms with E-state index in [-0.39, 0.29) is 5.91 Å². The van der Waals surface area contributed by atoms with Crippen molar-refractivity contribution in [3.8, 4) is 12.3 Å². The van der Waals surface area contributed by atoms with Gasteiger partial charge >= 0.3 is 0 Å². The van der Waals surface area contributed by atoms with E-state index in [9.17, 15) is 4.79 Å². The number of rotatable bonds is 9. The van der Waals surface area contributed by atoms with Crippen LogP contribution in [0.5, 0.6) is 0 Å². The van der Waals surface area contributed by atoms with Crippen molar-refractivity contribution < 1.29 is 4.79 Å². The number of aryl methyl sites for hydroxylation is 1. The Morgan fingerprint density at radius 2 is 2.17 bits per heavy atom. The molecule has 0 saturated carbocycles. The zero-order valence-corrected chi connectivity index (χ0v) is 18.0. The fourth-order valence-corrected chi connectivity index (χ4v) is 4.37. The van der Waals surface area contributed by atoms with E-state index in [2.05, 4.69) is 16.6 Å². The van der Waals surface area contributed by atoms with Gasteiger partial charge in [-0.1, -0.05) is 17.5 Å². The van der Waals surface area contributed by atoms with Crippen molar-refractivity contribution in [3.63, 3.8) is 0 Å². The standard InChI is InChI=1S/C22H27ClN4OS/c1-2-12-29-14-18(24)22(28)26-11-5-10-25-21-16-6-3-4-7-19(16)27-20-13-15(23)8-9-17(20)21/h1,8-9,13,18H,3-7,10-12,14,24H2,(H,25,27)(H,26,28)/t18-/m1/s1. The summed E-state index contributed by atoms with van der Waals surface area (Å²) in [6.07, 6.45) is 10.4. The number of thioether (sulfide) groups is 1. The molecule has 1 amide bonds. The van der Waals surface area contributed by atoms with Gasteiger partial charge in [0.15, 0.2) is 0 Å². The number of fused-ring (bicyclic) bond motifs is 2. The molecule has 4 N–H and O–H groups in total. The minimum Gasteiger partial charge on any atom is -0.384 e. The highest BCUT2D eigenvalue weighted by Crippen LogP contribution is 2.34. The number of benzene rings is 1. The lowest BCUT2D eigenvalue weighted by molar-refractivity contribution is -0.121. The molecule has 0 saturated heterocycles. The lowest BCUT2D eigenvalue weighted by Crippen LogP contribution is -2.42. The van der Waals surface area contributed by atoms with Crippen LogP contribution in [-0.2, 0) is 17.6 Å². The number of hydrogen-bond donors (Lipinski definition) is 3. The molecule has 154 valence electrons. The maximum absolute atomic E-state index is 12.0. The number of anilines is 1. The Kier molecular flexibility index (Phi) is 8.05. The van der Waals surface area contributed by atoms with Crippen molar-refractivity contribution in [1.29, 1.82) is 0 Å². The van der Waals surface area contributed by atoms with Crippen LogP contribution in [0, 0.1) is 12.3 Å². The summed E-state index contributed by atoms with van der Waals surface area (Å²) in [5.74, 6) is 3.51. The second-order valence-corrected chi connectivity index (χ2v) is 8.64. The molecular formula is C22H27ClN4OS. The van der Waals surface area contributed by atoms with E-state index in [0.717, 1.165) is 42.4 Å². The number of aromatic nitrogens is 1. The fraction of sp³-hybridized carbons (Fsp3) is 0.455. The largest absolute Gasteiger partial charge is 0.384 e. The van der Waals surface area contributed by atoms with Crippen molar-refractivity contribution in [2.75, 3.05) is 29.9 Å². The highest BCUT2D eigenvalue weighted by Gasteiger charge is 2.18. The molecule has 1 aliphatic rings. The molecule has 29 heavy (non-hydrogen) atoms. The molecular weight excluding hydrogens is 404 g/mol. The van der Waals surface area contributed by atoms with E-state index in [1.807, 2.05) is 18.2 Å². The fourth-order valence-electron chi connectivity index (χ4n) is 3.57. The van der Waals surface area contributed by atoms with E-state index in [1.165, 1.54) is 35.9 Å². The quantitative estimate of drug-likeness (QED) is 0.419. The van der Waals surface area contributed by atoms with Crippen LogP contribution in [0.1, 0.15) is 30.5 Å². The third-order valence-corrected chi connectivity index (χ3v) is 6.20. The summed E-state index contributed by atoms with van der Waals surface area (Å²) in [4.78, 5) is 16.9. The summed E-state index contributed by atoms with van der Waals surface area (Å²) in [6, 6.07) is 5.35. The van der Waals surface area contributed by atoms with Crippen LogP contribution in [0.4, 0.5) is 5.69 Å². The van der Waals surface area contributed by atoms with Crippen molar-refractivity contribution in [3.05, 3.63) is 34.5 Å². The molecule has 1 aromatic carbocycles. The Balaban J connectivity index is 1.57. The predicted molar refractivity (Wildman–Crippen MR) is 124 cm³/mol. The molecule has 0 fully saturated rings. The number of carbonyl (C=O) groups is 1. The molecule has 1 aliphatic carbocycles. The number of nitrogens with zero attached hydrogens (tertiary/aromatic N) is 1. The first-order chi connectivity index (χ1) is 14.1. The maximum atomic E-state index is 12.0. The van der Waals surface area contributed by atoms with Gasteiger partial charge in [-0.3, -0.25) is 9.78 Å². The van der Waals surface area contributed by atoms with Gasteiger partial charge in [-0.15, -0.1) is 18.2 Å². The van der Waals surface area contributed by atoms with Gasteiger partial charge in [0.25, 0.3) is 0 Å². The average Bonchev–Trinajstić information content (AvgIpc) is 2.72. The lowest BCUT2D eigenvalue weighted by Gasteiger charge is -2.22. The number of nitrogens with one attached hydrogen (secondary N) is 2. The zero-order chi connectivity index (χ0) is 20.6. The summed E-state index contributed by atoms with van der Waals surface area (Å²) in [5.41, 5.74) is 10.5. The number of nitrogens with two attached hydrogens (primary N) is 1. The van der Waals surface area contributed by atoms with Gasteiger partial charge in [-0.25, -0.2) is 0 Å². The molecule has 2 aromatic rings. The third kappa shape index (κ3) is 5.79. The molecule has 0 bridgehead atoms. The van der Waals surface area contributed by atoms with E-state index in [0.29, 0.717) is 23.1 Å². The van der Waals surface area contributed by atoms with E-state index in [1.54, 1.807) is 0 Å². The number of amides is 1. The number of carbonyl (C=O) groups excluding carboxylic acids is 1. The number of hydrogen-bond acceptors (Lipinski definition) is 5. The van der Waals surface area contributed by atoms with Crippen molar-refractivity contribution in [1.82, 2.24) is 10.3 Å². The van der Waals surface area contributed by atoms with Crippen LogP contribution in [0.15, 0.2) is 18.2 Å². The molecule has 1 aromatic heterocycles. The van der Waals surface area contributed by atoms with Crippen molar-refractivity contribution >= 4 is 45.9 Å². The van der Waals surface area contributed by atoms with Gasteiger partial charge in [-0.05, 0) is 55.9 Å². The van der Waals surface area contributed by atoms with E-state index in [4.69, 9.17) is 28.7 Å². The van der Waals surface area contributed by atoms with Crippen LogP contribution in [0.25, 0.3) is 10.9 Å². The first-order valence-electron chi connectivity index (χ1n) is 9.99. The Morgan fingerprint density at radius 1 is 1.34 bits per heavy atom. The molecule has 0 aliphatic heterocycles. The van der Waals surface area contributed by atoms with Crippen LogP contribution >= 0.6 is 23.4 Å². The third-order valence-electron chi connectivity index (χ3n) is 5.00. The average molecular weight is 431 g/mol. The first kappa shape index (κ1) is 21.8. The van der Waals surface area contributed by atoms with Crippen LogP contribution in [0.2, 0.25) is 5.02 Å². The van der Waals surface area contributed by atoms with E-state index >= 15 is 0 Å². The van der Waals surface area contributed by atoms with Gasteiger partial charge in [0.1, 0.15) is 0 Å². The highest BCUT2D eigenvalue weighted by molar-refractivity contribution is 7.99. The molecule has 0 spiro atoms. The molecule has 5 nitrogen and oxygen atoms in total. The molecule has 1 atom stereocenters. The minimum absolute atomic E-state index is 0.129. The summed E-state index contributed by atoms with van der Waals surface area (Å²) in [7, 11) is 0.